The van der Waals surface area contributed by atoms with Crippen molar-refractivity contribution in [2.45, 2.75) is 25.8 Å². The van der Waals surface area contributed by atoms with Crippen molar-refractivity contribution < 1.29 is 14.8 Å². The summed E-state index contributed by atoms with van der Waals surface area (Å²) in [5.74, 6) is -0.709. The van der Waals surface area contributed by atoms with Gasteiger partial charge in [0, 0.05) is 12.7 Å². The van der Waals surface area contributed by atoms with E-state index in [4.69, 9.17) is 5.21 Å². The summed E-state index contributed by atoms with van der Waals surface area (Å²) in [7, 11) is 0. The summed E-state index contributed by atoms with van der Waals surface area (Å²) >= 11 is 0. The van der Waals surface area contributed by atoms with Crippen LogP contribution in [-0.2, 0) is 17.8 Å². The molecule has 2 N–H and O–H groups in total. The summed E-state index contributed by atoms with van der Waals surface area (Å²) < 4.78 is 0. The van der Waals surface area contributed by atoms with Crippen molar-refractivity contribution >= 4 is 11.8 Å². The molecule has 0 aliphatic carbocycles. The Hall–Kier alpha value is -2.73. The fourth-order valence-electron chi connectivity index (χ4n) is 2.95. The molecule has 2 amide bonds. The van der Waals surface area contributed by atoms with Crippen molar-refractivity contribution in [3.63, 3.8) is 0 Å². The summed E-state index contributed by atoms with van der Waals surface area (Å²) in [5, 5.41) is 8.70. The van der Waals surface area contributed by atoms with Gasteiger partial charge < -0.3 is 4.90 Å². The Balaban J connectivity index is 1.75. The highest BCUT2D eigenvalue weighted by Crippen LogP contribution is 2.23. The van der Waals surface area contributed by atoms with Gasteiger partial charge in [-0.15, -0.1) is 0 Å². The van der Waals surface area contributed by atoms with E-state index in [0.29, 0.717) is 25.1 Å². The first-order chi connectivity index (χ1) is 11.6. The van der Waals surface area contributed by atoms with Crippen LogP contribution in [0.3, 0.4) is 0 Å². The van der Waals surface area contributed by atoms with Gasteiger partial charge in [0.1, 0.15) is 0 Å². The summed E-state index contributed by atoms with van der Waals surface area (Å²) in [6.45, 7) is 2.94. The largest absolute Gasteiger partial charge is 0.336 e. The van der Waals surface area contributed by atoms with Gasteiger partial charge in [-0.05, 0) is 30.5 Å². The quantitative estimate of drug-likeness (QED) is 0.667. The number of carbonyl (C=O) groups is 2. The van der Waals surface area contributed by atoms with E-state index in [1.165, 1.54) is 6.20 Å². The highest BCUT2D eigenvalue weighted by atomic mass is 16.5. The number of nitrogens with one attached hydrogen (secondary N) is 1. The van der Waals surface area contributed by atoms with Gasteiger partial charge in [-0.2, -0.15) is 0 Å². The molecule has 2 aromatic rings. The zero-order valence-electron chi connectivity index (χ0n) is 13.4. The fraction of sp³-hybridized carbons (Fsp3) is 0.278. The van der Waals surface area contributed by atoms with Crippen LogP contribution in [-0.4, -0.2) is 33.5 Å². The fourth-order valence-corrected chi connectivity index (χ4v) is 2.95. The average molecular weight is 325 g/mol. The lowest BCUT2D eigenvalue weighted by Crippen LogP contribution is -2.39. The molecule has 0 radical (unpaired) electrons. The second-order valence-corrected chi connectivity index (χ2v) is 5.91. The number of carbonyl (C=O) groups excluding carboxylic acids is 2. The van der Waals surface area contributed by atoms with E-state index in [1.807, 2.05) is 37.3 Å². The van der Waals surface area contributed by atoms with Crippen LogP contribution in [0.2, 0.25) is 0 Å². The van der Waals surface area contributed by atoms with Crippen molar-refractivity contribution in [2.75, 3.05) is 6.54 Å². The molecule has 0 saturated carbocycles. The Labute approximate surface area is 140 Å². The standard InChI is InChI=1S/C18H19N3O3/c1-12(13-5-3-2-4-6-13)18(23)21-8-7-14-9-15(17(22)20-24)10-19-16(14)11-21/h2-6,9-10,12,24H,7-8,11H2,1H3,(H,20,22)/t12-/m1/s1. The first-order valence-corrected chi connectivity index (χ1v) is 7.86. The van der Waals surface area contributed by atoms with E-state index < -0.39 is 5.91 Å². The molecule has 1 aromatic heterocycles. The average Bonchev–Trinajstić information content (AvgIpc) is 2.66. The molecule has 0 spiro atoms. The number of pyridine rings is 1. The van der Waals surface area contributed by atoms with Crippen LogP contribution >= 0.6 is 0 Å². The van der Waals surface area contributed by atoms with Crippen LogP contribution in [0.15, 0.2) is 42.6 Å². The minimum absolute atomic E-state index is 0.0748. The first kappa shape index (κ1) is 16.1. The van der Waals surface area contributed by atoms with Crippen molar-refractivity contribution in [1.29, 1.82) is 0 Å². The Morgan fingerprint density at radius 3 is 2.75 bits per heavy atom. The van der Waals surface area contributed by atoms with Crippen LogP contribution in [0.25, 0.3) is 0 Å². The summed E-state index contributed by atoms with van der Waals surface area (Å²) in [6.07, 6.45) is 2.06. The number of hydrogen-bond acceptors (Lipinski definition) is 4. The van der Waals surface area contributed by atoms with Gasteiger partial charge in [-0.3, -0.25) is 19.8 Å². The van der Waals surface area contributed by atoms with Gasteiger partial charge in [-0.25, -0.2) is 5.48 Å². The molecule has 1 aliphatic heterocycles. The molecule has 6 heteroatoms. The molecule has 0 unspecified atom stereocenters. The summed E-state index contributed by atoms with van der Waals surface area (Å²) in [6, 6.07) is 11.4. The van der Waals surface area contributed by atoms with Crippen LogP contribution in [0.1, 0.15) is 40.0 Å². The van der Waals surface area contributed by atoms with Gasteiger partial charge in [0.2, 0.25) is 5.91 Å². The van der Waals surface area contributed by atoms with E-state index in [2.05, 4.69) is 4.98 Å². The first-order valence-electron chi connectivity index (χ1n) is 7.86. The molecule has 0 saturated heterocycles. The molecule has 6 nitrogen and oxygen atoms in total. The van der Waals surface area contributed by atoms with Gasteiger partial charge in [0.15, 0.2) is 0 Å². The Kier molecular flexibility index (Phi) is 4.57. The zero-order chi connectivity index (χ0) is 17.1. The summed E-state index contributed by atoms with van der Waals surface area (Å²) in [4.78, 5) is 30.3. The van der Waals surface area contributed by atoms with Gasteiger partial charge in [0.05, 0.1) is 23.7 Å². The minimum Gasteiger partial charge on any atom is -0.336 e. The monoisotopic (exact) mass is 325 g/mol. The number of rotatable bonds is 3. The predicted octanol–water partition coefficient (Wildman–Crippen LogP) is 1.89. The van der Waals surface area contributed by atoms with Gasteiger partial charge >= 0.3 is 0 Å². The molecule has 1 aromatic carbocycles. The number of hydroxylamine groups is 1. The zero-order valence-corrected chi connectivity index (χ0v) is 13.4. The Morgan fingerprint density at radius 1 is 1.29 bits per heavy atom. The smallest absolute Gasteiger partial charge is 0.276 e. The third-order valence-corrected chi connectivity index (χ3v) is 4.40. The molecular weight excluding hydrogens is 306 g/mol. The Bertz CT molecular complexity index is 761. The van der Waals surface area contributed by atoms with Crippen molar-refractivity contribution in [3.8, 4) is 0 Å². The molecule has 24 heavy (non-hydrogen) atoms. The molecular formula is C18H19N3O3. The molecule has 1 atom stereocenters. The lowest BCUT2D eigenvalue weighted by atomic mass is 9.97. The van der Waals surface area contributed by atoms with E-state index in [1.54, 1.807) is 16.4 Å². The maximum absolute atomic E-state index is 12.7. The number of hydrogen-bond donors (Lipinski definition) is 2. The molecule has 1 aliphatic rings. The number of benzene rings is 1. The second-order valence-electron chi connectivity index (χ2n) is 5.91. The highest BCUT2D eigenvalue weighted by Gasteiger charge is 2.26. The second kappa shape index (κ2) is 6.80. The highest BCUT2D eigenvalue weighted by molar-refractivity contribution is 5.93. The van der Waals surface area contributed by atoms with Crippen LogP contribution in [0.4, 0.5) is 0 Å². The number of aromatic nitrogens is 1. The van der Waals surface area contributed by atoms with Crippen molar-refractivity contribution in [1.82, 2.24) is 15.4 Å². The molecule has 0 bridgehead atoms. The van der Waals surface area contributed by atoms with Crippen LogP contribution in [0, 0.1) is 0 Å². The van der Waals surface area contributed by atoms with E-state index in [-0.39, 0.29) is 11.8 Å². The molecule has 2 heterocycles. The number of nitrogens with zero attached hydrogens (tertiary/aromatic N) is 2. The summed E-state index contributed by atoms with van der Waals surface area (Å²) in [5.41, 5.74) is 4.65. The third kappa shape index (κ3) is 3.14. The van der Waals surface area contributed by atoms with Crippen LogP contribution in [0.5, 0.6) is 0 Å². The van der Waals surface area contributed by atoms with E-state index in [9.17, 15) is 9.59 Å². The Morgan fingerprint density at radius 2 is 2.04 bits per heavy atom. The minimum atomic E-state index is -0.582. The maximum atomic E-state index is 12.7. The lowest BCUT2D eigenvalue weighted by molar-refractivity contribution is -0.133. The predicted molar refractivity (Wildman–Crippen MR) is 87.5 cm³/mol. The molecule has 124 valence electrons. The third-order valence-electron chi connectivity index (χ3n) is 4.40. The van der Waals surface area contributed by atoms with Crippen molar-refractivity contribution in [2.24, 2.45) is 0 Å². The van der Waals surface area contributed by atoms with E-state index in [0.717, 1.165) is 16.8 Å². The number of amides is 2. The van der Waals surface area contributed by atoms with Gasteiger partial charge in [0.25, 0.3) is 5.91 Å². The molecule has 3 rings (SSSR count). The van der Waals surface area contributed by atoms with E-state index >= 15 is 0 Å². The topological polar surface area (TPSA) is 82.5 Å². The van der Waals surface area contributed by atoms with Crippen LogP contribution < -0.4 is 5.48 Å². The van der Waals surface area contributed by atoms with Crippen molar-refractivity contribution in [3.05, 3.63) is 65.0 Å². The van der Waals surface area contributed by atoms with Gasteiger partial charge in [-0.1, -0.05) is 30.3 Å². The maximum Gasteiger partial charge on any atom is 0.276 e. The lowest BCUT2D eigenvalue weighted by Gasteiger charge is -2.30. The normalized spacial score (nSPS) is 14.7. The number of fused-ring (bicyclic) bond motifs is 1. The molecule has 0 fully saturated rings. The SMILES string of the molecule is C[C@@H](C(=O)N1CCc2cc(C(=O)NO)cnc2C1)c1ccccc1.